The van der Waals surface area contributed by atoms with E-state index in [4.69, 9.17) is 35.4 Å². The Bertz CT molecular complexity index is 607. The summed E-state index contributed by atoms with van der Waals surface area (Å²) in [5, 5.41) is 12.3. The van der Waals surface area contributed by atoms with Crippen molar-refractivity contribution in [3.05, 3.63) is 46.2 Å². The molecule has 0 saturated carbocycles. The van der Waals surface area contributed by atoms with Gasteiger partial charge >= 0.3 is 0 Å². The predicted molar refractivity (Wildman–Crippen MR) is 92.3 cm³/mol. The van der Waals surface area contributed by atoms with Gasteiger partial charge in [0.25, 0.3) is 0 Å². The zero-order valence-corrected chi connectivity index (χ0v) is 13.9. The third-order valence-corrected chi connectivity index (χ3v) is 3.76. The molecule has 0 aliphatic carbocycles. The summed E-state index contributed by atoms with van der Waals surface area (Å²) in [6, 6.07) is 5.45. The van der Waals surface area contributed by atoms with Gasteiger partial charge in [-0.2, -0.15) is 5.10 Å². The minimum Gasteiger partial charge on any atom is -0.362 e. The van der Waals surface area contributed by atoms with Gasteiger partial charge in [0.15, 0.2) is 5.11 Å². The van der Waals surface area contributed by atoms with Gasteiger partial charge in [-0.3, -0.25) is 4.68 Å². The number of hydrogen-bond donors (Lipinski definition) is 2. The second-order valence-electron chi connectivity index (χ2n) is 4.51. The van der Waals surface area contributed by atoms with Crippen LogP contribution in [0.15, 0.2) is 30.6 Å². The average Bonchev–Trinajstić information content (AvgIpc) is 2.88. The van der Waals surface area contributed by atoms with Crippen LogP contribution < -0.4 is 10.6 Å². The minimum absolute atomic E-state index is 0.509. The van der Waals surface area contributed by atoms with Crippen LogP contribution in [0.1, 0.15) is 18.9 Å². The van der Waals surface area contributed by atoms with Crippen molar-refractivity contribution in [1.82, 2.24) is 15.1 Å². The molecule has 1 aromatic heterocycles. The molecule has 21 heavy (non-hydrogen) atoms. The van der Waals surface area contributed by atoms with E-state index in [2.05, 4.69) is 22.7 Å². The summed E-state index contributed by atoms with van der Waals surface area (Å²) in [7, 11) is 0. The Morgan fingerprint density at radius 3 is 2.71 bits per heavy atom. The quantitative estimate of drug-likeness (QED) is 0.807. The van der Waals surface area contributed by atoms with Crippen LogP contribution in [-0.2, 0) is 6.54 Å². The topological polar surface area (TPSA) is 41.9 Å². The van der Waals surface area contributed by atoms with Crippen LogP contribution in [0.25, 0.3) is 0 Å². The smallest absolute Gasteiger partial charge is 0.170 e. The van der Waals surface area contributed by atoms with Crippen LogP contribution >= 0.6 is 35.4 Å². The fourth-order valence-electron chi connectivity index (χ4n) is 1.77. The first-order chi connectivity index (χ1) is 10.1. The van der Waals surface area contributed by atoms with Crippen molar-refractivity contribution < 1.29 is 0 Å². The number of thiocarbonyl (C=S) groups is 1. The Morgan fingerprint density at radius 1 is 1.33 bits per heavy atom. The van der Waals surface area contributed by atoms with Gasteiger partial charge in [-0.15, -0.1) is 0 Å². The van der Waals surface area contributed by atoms with Gasteiger partial charge in [0.05, 0.1) is 18.4 Å². The summed E-state index contributed by atoms with van der Waals surface area (Å²) in [6.07, 6.45) is 4.59. The lowest BCUT2D eigenvalue weighted by atomic mass is 10.2. The third-order valence-electron chi connectivity index (χ3n) is 2.81. The van der Waals surface area contributed by atoms with E-state index >= 15 is 0 Å². The maximum absolute atomic E-state index is 6.16. The number of nitrogens with zero attached hydrogens (tertiary/aromatic N) is 2. The highest BCUT2D eigenvalue weighted by Gasteiger charge is 2.07. The molecule has 0 aliphatic rings. The zero-order chi connectivity index (χ0) is 15.2. The summed E-state index contributed by atoms with van der Waals surface area (Å²) in [4.78, 5) is 0. The highest BCUT2D eigenvalue weighted by Crippen LogP contribution is 2.25. The second kappa shape index (κ2) is 7.64. The first-order valence-electron chi connectivity index (χ1n) is 6.60. The number of halogens is 2. The molecule has 0 amide bonds. The molecule has 2 N–H and O–H groups in total. The van der Waals surface area contributed by atoms with Gasteiger partial charge in [-0.05, 0) is 30.8 Å². The summed E-state index contributed by atoms with van der Waals surface area (Å²) in [5.41, 5.74) is 1.67. The molecule has 0 spiro atoms. The number of hydrogen-bond acceptors (Lipinski definition) is 2. The molecule has 112 valence electrons. The summed E-state index contributed by atoms with van der Waals surface area (Å²) in [6.45, 7) is 3.44. The number of anilines is 1. The normalized spacial score (nSPS) is 10.4. The van der Waals surface area contributed by atoms with E-state index in [9.17, 15) is 0 Å². The van der Waals surface area contributed by atoms with Crippen molar-refractivity contribution in [3.63, 3.8) is 0 Å². The average molecular weight is 343 g/mol. The van der Waals surface area contributed by atoms with Gasteiger partial charge in [0, 0.05) is 28.4 Å². The van der Waals surface area contributed by atoms with Crippen molar-refractivity contribution in [2.24, 2.45) is 0 Å². The van der Waals surface area contributed by atoms with E-state index < -0.39 is 0 Å². The van der Waals surface area contributed by atoms with Gasteiger partial charge in [0.1, 0.15) is 0 Å². The monoisotopic (exact) mass is 342 g/mol. The lowest BCUT2D eigenvalue weighted by molar-refractivity contribution is 0.687. The molecule has 7 heteroatoms. The highest BCUT2D eigenvalue weighted by atomic mass is 35.5. The Kier molecular flexibility index (Phi) is 5.85. The van der Waals surface area contributed by atoms with Crippen molar-refractivity contribution in [2.75, 3.05) is 11.9 Å². The Labute approximate surface area is 139 Å². The minimum atomic E-state index is 0.509. The summed E-state index contributed by atoms with van der Waals surface area (Å²) < 4.78 is 1.76. The van der Waals surface area contributed by atoms with Crippen LogP contribution in [0.4, 0.5) is 5.69 Å². The summed E-state index contributed by atoms with van der Waals surface area (Å²) >= 11 is 17.5. The van der Waals surface area contributed by atoms with Crippen LogP contribution in [0.3, 0.4) is 0 Å². The van der Waals surface area contributed by atoms with E-state index in [1.807, 2.05) is 24.4 Å². The van der Waals surface area contributed by atoms with E-state index in [0.717, 1.165) is 24.2 Å². The maximum atomic E-state index is 6.16. The van der Waals surface area contributed by atoms with Crippen LogP contribution in [0, 0.1) is 0 Å². The first kappa shape index (κ1) is 16.1. The highest BCUT2D eigenvalue weighted by molar-refractivity contribution is 7.80. The molecule has 1 aromatic carbocycles. The molecule has 0 fully saturated rings. The molecule has 0 atom stereocenters. The molecular formula is C14H16Cl2N4S. The standard InChI is InChI=1S/C14H16Cl2N4S/c1-2-6-17-14(21)19-10-7-18-20(8-10)9-11-12(15)4-3-5-13(11)16/h3-5,7-8H,2,6,9H2,1H3,(H2,17,19,21). The molecule has 2 aromatic rings. The van der Waals surface area contributed by atoms with Crippen molar-refractivity contribution in [2.45, 2.75) is 19.9 Å². The zero-order valence-electron chi connectivity index (χ0n) is 11.6. The van der Waals surface area contributed by atoms with E-state index in [1.165, 1.54) is 0 Å². The first-order valence-corrected chi connectivity index (χ1v) is 7.76. The van der Waals surface area contributed by atoms with Gasteiger partial charge in [-0.25, -0.2) is 0 Å². The Morgan fingerprint density at radius 2 is 2.05 bits per heavy atom. The van der Waals surface area contributed by atoms with Gasteiger partial charge in [-0.1, -0.05) is 36.2 Å². The third kappa shape index (κ3) is 4.59. The lowest BCUT2D eigenvalue weighted by Gasteiger charge is -2.08. The second-order valence-corrected chi connectivity index (χ2v) is 5.73. The predicted octanol–water partition coefficient (Wildman–Crippen LogP) is 3.93. The number of rotatable bonds is 5. The van der Waals surface area contributed by atoms with Crippen LogP contribution in [0.2, 0.25) is 10.0 Å². The maximum Gasteiger partial charge on any atom is 0.170 e. The molecule has 0 radical (unpaired) electrons. The van der Waals surface area contributed by atoms with Crippen molar-refractivity contribution in [1.29, 1.82) is 0 Å². The van der Waals surface area contributed by atoms with Crippen molar-refractivity contribution in [3.8, 4) is 0 Å². The fourth-order valence-corrected chi connectivity index (χ4v) is 2.51. The lowest BCUT2D eigenvalue weighted by Crippen LogP contribution is -2.28. The fraction of sp³-hybridized carbons (Fsp3) is 0.286. The van der Waals surface area contributed by atoms with Crippen LogP contribution in [0.5, 0.6) is 0 Å². The van der Waals surface area contributed by atoms with E-state index in [1.54, 1.807) is 10.9 Å². The molecule has 4 nitrogen and oxygen atoms in total. The molecule has 1 heterocycles. The Balaban J connectivity index is 2.02. The Hall–Kier alpha value is -1.30. The molecular weight excluding hydrogens is 327 g/mol. The van der Waals surface area contributed by atoms with Crippen molar-refractivity contribution >= 4 is 46.2 Å². The number of benzene rings is 1. The molecule has 2 rings (SSSR count). The largest absolute Gasteiger partial charge is 0.362 e. The number of aromatic nitrogens is 2. The van der Waals surface area contributed by atoms with Gasteiger partial charge in [0.2, 0.25) is 0 Å². The SMILES string of the molecule is CCCNC(=S)Nc1cnn(Cc2c(Cl)cccc2Cl)c1. The molecule has 0 unspecified atom stereocenters. The molecule has 0 aliphatic heterocycles. The molecule has 0 bridgehead atoms. The number of nitrogens with one attached hydrogen (secondary N) is 2. The van der Waals surface area contributed by atoms with Crippen LogP contribution in [-0.4, -0.2) is 21.4 Å². The van der Waals surface area contributed by atoms with Gasteiger partial charge < -0.3 is 10.6 Å². The molecule has 0 saturated heterocycles. The summed E-state index contributed by atoms with van der Waals surface area (Å²) in [5.74, 6) is 0. The van der Waals surface area contributed by atoms with E-state index in [0.29, 0.717) is 21.7 Å². The van der Waals surface area contributed by atoms with E-state index in [-0.39, 0.29) is 0 Å².